The third kappa shape index (κ3) is 16.0. The zero-order valence-electron chi connectivity index (χ0n) is 19.0. The van der Waals surface area contributed by atoms with Crippen LogP contribution in [0.5, 0.6) is 0 Å². The summed E-state index contributed by atoms with van der Waals surface area (Å²) in [7, 11) is 6.60. The van der Waals surface area contributed by atoms with Gasteiger partial charge in [-0.3, -0.25) is 4.98 Å². The third-order valence-electron chi connectivity index (χ3n) is 4.62. The molecule has 3 rings (SSSR count). The molecular weight excluding hydrogens is 477 g/mol. The fraction of sp³-hybridized carbons (Fsp3) is 0.542. The van der Waals surface area contributed by atoms with E-state index in [9.17, 15) is 0 Å². The van der Waals surface area contributed by atoms with E-state index < -0.39 is 6.10 Å². The number of aromatic nitrogens is 1. The Morgan fingerprint density at radius 3 is 1.65 bits per heavy atom. The predicted molar refractivity (Wildman–Crippen MR) is 129 cm³/mol. The van der Waals surface area contributed by atoms with Gasteiger partial charge in [0.05, 0.1) is 11.9 Å². The van der Waals surface area contributed by atoms with Gasteiger partial charge in [0.1, 0.15) is 0 Å². The number of pyridine rings is 1. The SMILES string of the molecule is C.CC(O)=CC(C)O.CN1CCN(C)CCN(C)CC1.[Ru+3].c1ccc2cnccc2c1. The van der Waals surface area contributed by atoms with Gasteiger partial charge in [-0.1, -0.05) is 31.7 Å². The van der Waals surface area contributed by atoms with Gasteiger partial charge >= 0.3 is 19.5 Å². The molecule has 2 aromatic rings. The van der Waals surface area contributed by atoms with Crippen LogP contribution < -0.4 is 0 Å². The first-order valence-electron chi connectivity index (χ1n) is 10.2. The van der Waals surface area contributed by atoms with Crippen molar-refractivity contribution >= 4 is 10.8 Å². The first kappa shape index (κ1) is 31.8. The van der Waals surface area contributed by atoms with E-state index in [1.54, 1.807) is 6.92 Å². The number of hydrogen-bond donors (Lipinski definition) is 2. The van der Waals surface area contributed by atoms with Crippen molar-refractivity contribution in [1.29, 1.82) is 0 Å². The first-order chi connectivity index (χ1) is 13.8. The molecule has 1 aliphatic rings. The minimum absolute atomic E-state index is 0. The number of aliphatic hydroxyl groups is 2. The molecule has 1 unspecified atom stereocenters. The number of allylic oxidation sites excluding steroid dienone is 1. The quantitative estimate of drug-likeness (QED) is 0.444. The summed E-state index contributed by atoms with van der Waals surface area (Å²) in [5.41, 5.74) is 0. The molecule has 31 heavy (non-hydrogen) atoms. The van der Waals surface area contributed by atoms with Crippen LogP contribution in [0.25, 0.3) is 10.8 Å². The summed E-state index contributed by atoms with van der Waals surface area (Å²) in [6.45, 7) is 10.3. The zero-order valence-corrected chi connectivity index (χ0v) is 20.7. The molecular formula is C24H42N4O2Ru+3. The second kappa shape index (κ2) is 18.2. The molecule has 2 N–H and O–H groups in total. The number of aliphatic hydroxyl groups excluding tert-OH is 2. The van der Waals surface area contributed by atoms with Gasteiger partial charge in [0.25, 0.3) is 0 Å². The summed E-state index contributed by atoms with van der Waals surface area (Å²) in [4.78, 5) is 11.2. The van der Waals surface area contributed by atoms with Gasteiger partial charge in [-0.2, -0.15) is 0 Å². The second-order valence-electron chi connectivity index (χ2n) is 7.68. The van der Waals surface area contributed by atoms with Crippen LogP contribution >= 0.6 is 0 Å². The zero-order chi connectivity index (χ0) is 21.6. The van der Waals surface area contributed by atoms with E-state index in [4.69, 9.17) is 10.2 Å². The van der Waals surface area contributed by atoms with Crippen LogP contribution in [0, 0.1) is 0 Å². The summed E-state index contributed by atoms with van der Waals surface area (Å²) in [6.07, 6.45) is 4.50. The fourth-order valence-corrected chi connectivity index (χ4v) is 2.74. The Balaban J connectivity index is 0. The molecule has 1 aromatic carbocycles. The van der Waals surface area contributed by atoms with Crippen LogP contribution in [0.3, 0.4) is 0 Å². The van der Waals surface area contributed by atoms with E-state index in [0.717, 1.165) is 0 Å². The average Bonchev–Trinajstić information content (AvgIpc) is 2.75. The molecule has 175 valence electrons. The second-order valence-corrected chi connectivity index (χ2v) is 7.68. The molecule has 7 heteroatoms. The summed E-state index contributed by atoms with van der Waals surface area (Å²) in [6, 6.07) is 10.2. The standard InChI is InChI=1S/C9H21N3.C9H7N.C5H10O2.CH4.Ru/c1-10-4-6-11(2)8-9-12(3)7-5-10;1-2-4-9-7-10-6-5-8(9)3-1;1-4(6)3-5(2)7;;/h4-9H2,1-3H3;1-7H;3-4,6-7H,1-2H3;1H4;/q;;;;+3. The van der Waals surface area contributed by atoms with Crippen molar-refractivity contribution in [3.8, 4) is 0 Å². The number of likely N-dealkylation sites (N-methyl/N-ethyl adjacent to an activating group) is 3. The third-order valence-corrected chi connectivity index (χ3v) is 4.62. The van der Waals surface area contributed by atoms with Crippen molar-refractivity contribution in [2.24, 2.45) is 0 Å². The van der Waals surface area contributed by atoms with Gasteiger partial charge in [-0.15, -0.1) is 0 Å². The molecule has 1 radical (unpaired) electrons. The summed E-state index contributed by atoms with van der Waals surface area (Å²) < 4.78 is 0. The molecule has 1 saturated heterocycles. The Morgan fingerprint density at radius 2 is 1.32 bits per heavy atom. The van der Waals surface area contributed by atoms with Crippen LogP contribution in [-0.4, -0.2) is 96.4 Å². The van der Waals surface area contributed by atoms with E-state index in [1.165, 1.54) is 63.0 Å². The van der Waals surface area contributed by atoms with Gasteiger partial charge < -0.3 is 24.9 Å². The van der Waals surface area contributed by atoms with Gasteiger partial charge in [0.2, 0.25) is 0 Å². The normalized spacial score (nSPS) is 17.2. The van der Waals surface area contributed by atoms with Gasteiger partial charge in [-0.05, 0) is 57.9 Å². The minimum Gasteiger partial charge on any atom is -0.513 e. The Bertz CT molecular complexity index is 622. The Kier molecular flexibility index (Phi) is 18.7. The molecule has 0 saturated carbocycles. The van der Waals surface area contributed by atoms with Crippen molar-refractivity contribution in [1.82, 2.24) is 19.7 Å². The molecule has 1 aromatic heterocycles. The van der Waals surface area contributed by atoms with Crippen LogP contribution in [0.15, 0.2) is 54.6 Å². The molecule has 2 heterocycles. The fourth-order valence-electron chi connectivity index (χ4n) is 2.74. The monoisotopic (exact) mass is 520 g/mol. The maximum Gasteiger partial charge on any atom is 3.00 e. The average molecular weight is 520 g/mol. The molecule has 0 amide bonds. The van der Waals surface area contributed by atoms with Gasteiger partial charge in [0.15, 0.2) is 0 Å². The molecule has 6 nitrogen and oxygen atoms in total. The van der Waals surface area contributed by atoms with Crippen molar-refractivity contribution in [2.75, 3.05) is 60.4 Å². The molecule has 1 fully saturated rings. The molecule has 1 aliphatic heterocycles. The summed E-state index contributed by atoms with van der Waals surface area (Å²) in [5, 5.41) is 19.4. The Hall–Kier alpha value is -1.37. The topological polar surface area (TPSA) is 63.1 Å². The molecule has 0 bridgehead atoms. The smallest absolute Gasteiger partial charge is 0.513 e. The summed E-state index contributed by atoms with van der Waals surface area (Å²) in [5.74, 6) is 0.162. The molecule has 0 aliphatic carbocycles. The van der Waals surface area contributed by atoms with Crippen molar-refractivity contribution < 1.29 is 29.7 Å². The van der Waals surface area contributed by atoms with Crippen LogP contribution in [0.4, 0.5) is 0 Å². The van der Waals surface area contributed by atoms with E-state index in [1.807, 2.05) is 30.6 Å². The first-order valence-corrected chi connectivity index (χ1v) is 10.2. The largest absolute Gasteiger partial charge is 3.00 e. The molecule has 1 atom stereocenters. The van der Waals surface area contributed by atoms with Gasteiger partial charge in [-0.25, -0.2) is 0 Å². The Labute approximate surface area is 202 Å². The van der Waals surface area contributed by atoms with Crippen LogP contribution in [0.1, 0.15) is 21.3 Å². The Morgan fingerprint density at radius 1 is 0.903 bits per heavy atom. The summed E-state index contributed by atoms with van der Waals surface area (Å²) >= 11 is 0. The van der Waals surface area contributed by atoms with Crippen LogP contribution in [0.2, 0.25) is 0 Å². The van der Waals surface area contributed by atoms with Crippen molar-refractivity contribution in [3.63, 3.8) is 0 Å². The maximum atomic E-state index is 8.49. The van der Waals surface area contributed by atoms with E-state index >= 15 is 0 Å². The minimum atomic E-state index is -0.537. The number of fused-ring (bicyclic) bond motifs is 1. The van der Waals surface area contributed by atoms with Crippen molar-refractivity contribution in [2.45, 2.75) is 27.4 Å². The predicted octanol–water partition coefficient (Wildman–Crippen LogP) is 3.49. The number of nitrogens with zero attached hydrogens (tertiary/aromatic N) is 4. The maximum absolute atomic E-state index is 8.49. The van der Waals surface area contributed by atoms with Crippen LogP contribution in [-0.2, 0) is 19.5 Å². The van der Waals surface area contributed by atoms with E-state index in [2.05, 4.69) is 53.0 Å². The van der Waals surface area contributed by atoms with E-state index in [-0.39, 0.29) is 32.7 Å². The number of benzene rings is 1. The van der Waals surface area contributed by atoms with E-state index in [0.29, 0.717) is 0 Å². The number of hydrogen-bond acceptors (Lipinski definition) is 6. The number of rotatable bonds is 1. The van der Waals surface area contributed by atoms with Crippen molar-refractivity contribution in [3.05, 3.63) is 54.6 Å². The van der Waals surface area contributed by atoms with Gasteiger partial charge in [0, 0.05) is 51.7 Å². The molecule has 0 spiro atoms.